The fourth-order valence-corrected chi connectivity index (χ4v) is 5.83. The SMILES string of the molecule is CCc1cccc(CC)c1NC(=O)[C@@H]1CCCN(S(=O)(=O)c2ccc(OC)c(Cl)c2)C1. The van der Waals surface area contributed by atoms with Gasteiger partial charge in [-0.15, -0.1) is 0 Å². The third kappa shape index (κ3) is 5.05. The quantitative estimate of drug-likeness (QED) is 0.654. The highest BCUT2D eigenvalue weighted by Gasteiger charge is 2.34. The minimum atomic E-state index is -3.76. The molecule has 168 valence electrons. The van der Waals surface area contributed by atoms with Gasteiger partial charge in [0.1, 0.15) is 5.75 Å². The van der Waals surface area contributed by atoms with E-state index in [4.69, 9.17) is 16.3 Å². The Balaban J connectivity index is 1.79. The fraction of sp³-hybridized carbons (Fsp3) is 0.435. The van der Waals surface area contributed by atoms with Crippen molar-refractivity contribution in [3.63, 3.8) is 0 Å². The predicted molar refractivity (Wildman–Crippen MR) is 123 cm³/mol. The highest BCUT2D eigenvalue weighted by molar-refractivity contribution is 7.89. The van der Waals surface area contributed by atoms with E-state index in [9.17, 15) is 13.2 Å². The van der Waals surface area contributed by atoms with Gasteiger partial charge in [-0.3, -0.25) is 4.79 Å². The Bertz CT molecular complexity index is 1030. The van der Waals surface area contributed by atoms with E-state index in [0.717, 1.165) is 29.7 Å². The van der Waals surface area contributed by atoms with E-state index in [1.54, 1.807) is 0 Å². The van der Waals surface area contributed by atoms with Gasteiger partial charge in [0.15, 0.2) is 0 Å². The molecular weight excluding hydrogens is 436 g/mol. The Kier molecular flexibility index (Phi) is 7.62. The first-order valence-corrected chi connectivity index (χ1v) is 12.4. The predicted octanol–water partition coefficient (Wildman–Crippen LogP) is 4.51. The first kappa shape index (κ1) is 23.6. The van der Waals surface area contributed by atoms with Crippen molar-refractivity contribution in [1.29, 1.82) is 0 Å². The number of ether oxygens (including phenoxy) is 1. The molecular formula is C23H29ClN2O4S. The molecule has 1 atom stereocenters. The molecule has 0 bridgehead atoms. The standard InChI is InChI=1S/C23H29ClN2O4S/c1-4-16-8-6-9-17(5-2)22(16)25-23(27)18-10-7-13-26(15-18)31(28,29)19-11-12-21(30-3)20(24)14-19/h6,8-9,11-12,14,18H,4-5,7,10,13,15H2,1-3H3,(H,25,27)/t18-/m1/s1. The number of methoxy groups -OCH3 is 1. The fourth-order valence-electron chi connectivity index (χ4n) is 3.96. The third-order valence-electron chi connectivity index (χ3n) is 5.76. The van der Waals surface area contributed by atoms with Gasteiger partial charge in [-0.05, 0) is 55.0 Å². The molecule has 0 saturated carbocycles. The number of hydrogen-bond acceptors (Lipinski definition) is 4. The van der Waals surface area contributed by atoms with Gasteiger partial charge in [0.05, 0.1) is 22.9 Å². The molecule has 1 heterocycles. The summed E-state index contributed by atoms with van der Waals surface area (Å²) in [4.78, 5) is 13.2. The molecule has 1 aliphatic heterocycles. The van der Waals surface area contributed by atoms with Crippen LogP contribution in [0.3, 0.4) is 0 Å². The molecule has 6 nitrogen and oxygen atoms in total. The van der Waals surface area contributed by atoms with Crippen LogP contribution in [0.1, 0.15) is 37.8 Å². The van der Waals surface area contributed by atoms with E-state index in [1.807, 2.05) is 18.2 Å². The molecule has 0 unspecified atom stereocenters. The molecule has 0 radical (unpaired) electrons. The molecule has 8 heteroatoms. The maximum absolute atomic E-state index is 13.2. The molecule has 1 N–H and O–H groups in total. The molecule has 31 heavy (non-hydrogen) atoms. The van der Waals surface area contributed by atoms with Crippen molar-refractivity contribution in [2.45, 2.75) is 44.4 Å². The monoisotopic (exact) mass is 464 g/mol. The number of nitrogens with zero attached hydrogens (tertiary/aromatic N) is 1. The van der Waals surface area contributed by atoms with Gasteiger partial charge in [-0.1, -0.05) is 43.6 Å². The van der Waals surface area contributed by atoms with Gasteiger partial charge in [0, 0.05) is 18.8 Å². The van der Waals surface area contributed by atoms with Gasteiger partial charge >= 0.3 is 0 Å². The Hall–Kier alpha value is -2.09. The lowest BCUT2D eigenvalue weighted by Crippen LogP contribution is -2.43. The maximum Gasteiger partial charge on any atom is 0.243 e. The second-order valence-electron chi connectivity index (χ2n) is 7.65. The van der Waals surface area contributed by atoms with Gasteiger partial charge < -0.3 is 10.1 Å². The van der Waals surface area contributed by atoms with E-state index in [1.165, 1.54) is 29.6 Å². The molecule has 1 amide bonds. The van der Waals surface area contributed by atoms with Gasteiger partial charge in [0.2, 0.25) is 15.9 Å². The maximum atomic E-state index is 13.2. The topological polar surface area (TPSA) is 75.7 Å². The van der Waals surface area contributed by atoms with Gasteiger partial charge in [-0.2, -0.15) is 4.31 Å². The number of hydrogen-bond donors (Lipinski definition) is 1. The summed E-state index contributed by atoms with van der Waals surface area (Å²) < 4.78 is 32.8. The van der Waals surface area contributed by atoms with Crippen molar-refractivity contribution in [3.05, 3.63) is 52.5 Å². The van der Waals surface area contributed by atoms with Crippen LogP contribution in [0, 0.1) is 5.92 Å². The van der Waals surface area contributed by atoms with Crippen LogP contribution < -0.4 is 10.1 Å². The molecule has 2 aromatic carbocycles. The van der Waals surface area contributed by atoms with E-state index in [-0.39, 0.29) is 22.4 Å². The molecule has 1 saturated heterocycles. The smallest absolute Gasteiger partial charge is 0.243 e. The largest absolute Gasteiger partial charge is 0.495 e. The van der Waals surface area contributed by atoms with E-state index in [0.29, 0.717) is 25.1 Å². The molecule has 2 aromatic rings. The zero-order valence-electron chi connectivity index (χ0n) is 18.2. The number of carbonyl (C=O) groups excluding carboxylic acids is 1. The Labute approximate surface area is 189 Å². The third-order valence-corrected chi connectivity index (χ3v) is 7.92. The number of anilines is 1. The van der Waals surface area contributed by atoms with Crippen LogP contribution in [0.15, 0.2) is 41.3 Å². The minimum absolute atomic E-state index is 0.101. The van der Waals surface area contributed by atoms with Crippen LogP contribution >= 0.6 is 11.6 Å². The summed E-state index contributed by atoms with van der Waals surface area (Å²) in [6.07, 6.45) is 2.90. The van der Waals surface area contributed by atoms with Crippen LogP contribution in [-0.4, -0.2) is 38.8 Å². The minimum Gasteiger partial charge on any atom is -0.495 e. The van der Waals surface area contributed by atoms with Crippen LogP contribution in [0.5, 0.6) is 5.75 Å². The van der Waals surface area contributed by atoms with Crippen LogP contribution in [0.4, 0.5) is 5.69 Å². The number of nitrogens with one attached hydrogen (secondary N) is 1. The Morgan fingerprint density at radius 1 is 1.19 bits per heavy atom. The number of para-hydroxylation sites is 1. The molecule has 1 fully saturated rings. The number of piperidine rings is 1. The van der Waals surface area contributed by atoms with Crippen LogP contribution in [-0.2, 0) is 27.7 Å². The average molecular weight is 465 g/mol. The Morgan fingerprint density at radius 3 is 2.45 bits per heavy atom. The highest BCUT2D eigenvalue weighted by Crippen LogP contribution is 2.31. The first-order chi connectivity index (χ1) is 14.8. The second kappa shape index (κ2) is 10.0. The van der Waals surface area contributed by atoms with Gasteiger partial charge in [0.25, 0.3) is 0 Å². The molecule has 3 rings (SSSR count). The summed E-state index contributed by atoms with van der Waals surface area (Å²) in [5.41, 5.74) is 3.03. The van der Waals surface area contributed by atoms with Crippen molar-refractivity contribution in [2.24, 2.45) is 5.92 Å². The number of carbonyl (C=O) groups is 1. The lowest BCUT2D eigenvalue weighted by Gasteiger charge is -2.31. The summed E-state index contributed by atoms with van der Waals surface area (Å²) >= 11 is 6.13. The number of aryl methyl sites for hydroxylation is 2. The summed E-state index contributed by atoms with van der Waals surface area (Å²) in [7, 11) is -2.29. The second-order valence-corrected chi connectivity index (χ2v) is 9.99. The lowest BCUT2D eigenvalue weighted by atomic mass is 9.97. The zero-order valence-corrected chi connectivity index (χ0v) is 19.7. The van der Waals surface area contributed by atoms with Crippen LogP contribution in [0.2, 0.25) is 5.02 Å². The van der Waals surface area contributed by atoms with Gasteiger partial charge in [-0.25, -0.2) is 8.42 Å². The van der Waals surface area contributed by atoms with E-state index >= 15 is 0 Å². The number of benzene rings is 2. The first-order valence-electron chi connectivity index (χ1n) is 10.6. The van der Waals surface area contributed by atoms with E-state index < -0.39 is 15.9 Å². The van der Waals surface area contributed by atoms with Crippen molar-refractivity contribution in [2.75, 3.05) is 25.5 Å². The van der Waals surface area contributed by atoms with Crippen molar-refractivity contribution < 1.29 is 17.9 Å². The Morgan fingerprint density at radius 2 is 1.87 bits per heavy atom. The number of sulfonamides is 1. The highest BCUT2D eigenvalue weighted by atomic mass is 35.5. The van der Waals surface area contributed by atoms with Crippen LogP contribution in [0.25, 0.3) is 0 Å². The number of amides is 1. The molecule has 0 aromatic heterocycles. The summed E-state index contributed by atoms with van der Waals surface area (Å²) in [6.45, 7) is 4.63. The lowest BCUT2D eigenvalue weighted by molar-refractivity contribution is -0.120. The summed E-state index contributed by atoms with van der Waals surface area (Å²) in [6, 6.07) is 10.4. The van der Waals surface area contributed by atoms with E-state index in [2.05, 4.69) is 19.2 Å². The van der Waals surface area contributed by atoms with Crippen molar-refractivity contribution >= 4 is 33.2 Å². The zero-order chi connectivity index (χ0) is 22.6. The van der Waals surface area contributed by atoms with Crippen molar-refractivity contribution in [3.8, 4) is 5.75 Å². The number of rotatable bonds is 7. The molecule has 1 aliphatic rings. The molecule has 0 spiro atoms. The normalized spacial score (nSPS) is 17.4. The number of halogens is 1. The summed E-state index contributed by atoms with van der Waals surface area (Å²) in [5.74, 6) is -0.132. The van der Waals surface area contributed by atoms with Crippen molar-refractivity contribution in [1.82, 2.24) is 4.31 Å². The summed E-state index contributed by atoms with van der Waals surface area (Å²) in [5, 5.41) is 3.32. The molecule has 0 aliphatic carbocycles. The average Bonchev–Trinajstić information content (AvgIpc) is 2.79.